The Labute approximate surface area is 267 Å². The van der Waals surface area contributed by atoms with Crippen molar-refractivity contribution in [2.75, 3.05) is 51.1 Å². The topological polar surface area (TPSA) is 148 Å². The third kappa shape index (κ3) is 6.92. The Hall–Kier alpha value is -4.68. The lowest BCUT2D eigenvalue weighted by atomic mass is 9.80. The summed E-state index contributed by atoms with van der Waals surface area (Å²) >= 11 is 0. The quantitative estimate of drug-likeness (QED) is 0.162. The Morgan fingerprint density at radius 1 is 0.891 bits per heavy atom. The lowest BCUT2D eigenvalue weighted by Gasteiger charge is -2.34. The fourth-order valence-corrected chi connectivity index (χ4v) is 6.68. The molecular formula is C34H38N6O6. The highest BCUT2D eigenvalue weighted by atomic mass is 16.2. The molecule has 1 saturated carbocycles. The summed E-state index contributed by atoms with van der Waals surface area (Å²) in [6.07, 6.45) is 2.71. The number of carbonyl (C=O) groups is 6. The first-order valence-corrected chi connectivity index (χ1v) is 15.8. The van der Waals surface area contributed by atoms with Crippen LogP contribution in [-0.2, 0) is 30.5 Å². The Morgan fingerprint density at radius 3 is 2.33 bits per heavy atom. The first kappa shape index (κ1) is 31.3. The fraction of sp³-hybridized carbons (Fsp3) is 0.412. The molecule has 2 aromatic carbocycles. The van der Waals surface area contributed by atoms with Gasteiger partial charge in [-0.1, -0.05) is 36.4 Å². The van der Waals surface area contributed by atoms with Crippen LogP contribution in [0.1, 0.15) is 53.1 Å². The number of Topliss-reactive ketones (excluding diaryl/α,β-unsaturated/α-hetero) is 2. The Kier molecular flexibility index (Phi) is 9.36. The minimum Gasteiger partial charge on any atom is -0.389 e. The number of benzene rings is 2. The summed E-state index contributed by atoms with van der Waals surface area (Å²) in [7, 11) is 0. The van der Waals surface area contributed by atoms with Crippen LogP contribution in [0.25, 0.3) is 0 Å². The molecule has 1 atom stereocenters. The van der Waals surface area contributed by atoms with Crippen LogP contribution in [0.15, 0.2) is 60.3 Å². The van der Waals surface area contributed by atoms with Crippen molar-refractivity contribution in [3.8, 4) is 0 Å². The maximum Gasteiger partial charge on any atom is 0.255 e. The summed E-state index contributed by atoms with van der Waals surface area (Å²) < 4.78 is 0. The second-order valence-corrected chi connectivity index (χ2v) is 12.3. The number of ketones is 2. The van der Waals surface area contributed by atoms with E-state index in [9.17, 15) is 28.8 Å². The first-order valence-electron chi connectivity index (χ1n) is 15.8. The molecule has 46 heavy (non-hydrogen) atoms. The van der Waals surface area contributed by atoms with Crippen LogP contribution < -0.4 is 16.0 Å². The van der Waals surface area contributed by atoms with Crippen molar-refractivity contribution in [1.82, 2.24) is 25.3 Å². The number of fused-ring (bicyclic) bond motifs is 1. The highest BCUT2D eigenvalue weighted by molar-refractivity contribution is 6.22. The van der Waals surface area contributed by atoms with Crippen molar-refractivity contribution in [2.45, 2.75) is 44.2 Å². The average molecular weight is 627 g/mol. The van der Waals surface area contributed by atoms with Crippen LogP contribution in [0.4, 0.5) is 5.69 Å². The van der Waals surface area contributed by atoms with E-state index in [4.69, 9.17) is 0 Å². The van der Waals surface area contributed by atoms with Gasteiger partial charge in [-0.15, -0.1) is 0 Å². The van der Waals surface area contributed by atoms with Gasteiger partial charge in [-0.25, -0.2) is 0 Å². The van der Waals surface area contributed by atoms with Crippen LogP contribution in [0.2, 0.25) is 0 Å². The number of rotatable bonds is 9. The highest BCUT2D eigenvalue weighted by Gasteiger charge is 2.40. The Balaban J connectivity index is 0.929. The number of carbonyl (C=O) groups excluding carboxylic acids is 6. The third-order valence-electron chi connectivity index (χ3n) is 9.24. The SMILES string of the molecule is O=C1CCC(N2Cc3c(NC(=O)CN4CCN(CCNC=C5C(=O)CC(c6ccccc6)CC5=O)CC4)cccc3C2=O)C(=O)N1. The van der Waals surface area contributed by atoms with E-state index >= 15 is 0 Å². The van der Waals surface area contributed by atoms with E-state index in [0.29, 0.717) is 49.3 Å². The van der Waals surface area contributed by atoms with Crippen LogP contribution in [0.5, 0.6) is 0 Å². The minimum atomic E-state index is -0.714. The number of hydrogen-bond acceptors (Lipinski definition) is 9. The van der Waals surface area contributed by atoms with Gasteiger partial charge in [0.2, 0.25) is 17.7 Å². The van der Waals surface area contributed by atoms with E-state index in [0.717, 1.165) is 25.2 Å². The average Bonchev–Trinajstić information content (AvgIpc) is 3.38. The molecule has 4 aliphatic rings. The predicted molar refractivity (Wildman–Crippen MR) is 169 cm³/mol. The monoisotopic (exact) mass is 626 g/mol. The number of piperazine rings is 1. The summed E-state index contributed by atoms with van der Waals surface area (Å²) in [5.41, 5.74) is 2.95. The highest BCUT2D eigenvalue weighted by Crippen LogP contribution is 2.33. The van der Waals surface area contributed by atoms with E-state index < -0.39 is 11.9 Å². The van der Waals surface area contributed by atoms with E-state index in [1.54, 1.807) is 24.4 Å². The summed E-state index contributed by atoms with van der Waals surface area (Å²) in [5, 5.41) is 8.41. The van der Waals surface area contributed by atoms with Gasteiger partial charge >= 0.3 is 0 Å². The van der Waals surface area contributed by atoms with Crippen LogP contribution >= 0.6 is 0 Å². The lowest BCUT2D eigenvalue weighted by molar-refractivity contribution is -0.137. The zero-order chi connectivity index (χ0) is 32.2. The summed E-state index contributed by atoms with van der Waals surface area (Å²) in [6.45, 7) is 4.71. The number of piperidine rings is 1. The van der Waals surface area contributed by atoms with Gasteiger partial charge in [0, 0.05) is 88.1 Å². The molecule has 240 valence electrons. The van der Waals surface area contributed by atoms with E-state index in [2.05, 4.69) is 25.8 Å². The smallest absolute Gasteiger partial charge is 0.255 e. The third-order valence-corrected chi connectivity index (χ3v) is 9.24. The van der Waals surface area contributed by atoms with Crippen LogP contribution in [-0.4, -0.2) is 102 Å². The Bertz CT molecular complexity index is 1560. The molecule has 6 rings (SSSR count). The predicted octanol–water partition coefficient (Wildman–Crippen LogP) is 1.19. The number of anilines is 1. The molecule has 3 heterocycles. The number of nitrogens with one attached hydrogen (secondary N) is 3. The van der Waals surface area contributed by atoms with Gasteiger partial charge in [-0.3, -0.25) is 43.9 Å². The molecular weight excluding hydrogens is 588 g/mol. The number of imide groups is 1. The zero-order valence-electron chi connectivity index (χ0n) is 25.6. The lowest BCUT2D eigenvalue weighted by Crippen LogP contribution is -2.52. The molecule has 0 radical (unpaired) electrons. The summed E-state index contributed by atoms with van der Waals surface area (Å²) in [6, 6.07) is 14.1. The van der Waals surface area contributed by atoms with Crippen molar-refractivity contribution in [2.24, 2.45) is 0 Å². The van der Waals surface area contributed by atoms with Crippen molar-refractivity contribution >= 4 is 40.9 Å². The minimum absolute atomic E-state index is 0.0650. The normalized spacial score (nSPS) is 22.5. The van der Waals surface area contributed by atoms with Crippen LogP contribution in [0.3, 0.4) is 0 Å². The van der Waals surface area contributed by atoms with Gasteiger partial charge in [-0.05, 0) is 30.0 Å². The molecule has 3 aliphatic heterocycles. The largest absolute Gasteiger partial charge is 0.389 e. The Morgan fingerprint density at radius 2 is 1.61 bits per heavy atom. The summed E-state index contributed by atoms with van der Waals surface area (Å²) in [4.78, 5) is 81.2. The van der Waals surface area contributed by atoms with E-state index in [1.165, 1.54) is 4.90 Å². The van der Waals surface area contributed by atoms with Crippen molar-refractivity contribution < 1.29 is 28.8 Å². The molecule has 4 amide bonds. The number of nitrogens with zero attached hydrogens (tertiary/aromatic N) is 3. The van der Waals surface area contributed by atoms with E-state index in [-0.39, 0.29) is 66.7 Å². The number of amides is 4. The first-order chi connectivity index (χ1) is 22.3. The van der Waals surface area contributed by atoms with Crippen LogP contribution in [0, 0.1) is 0 Å². The molecule has 12 heteroatoms. The molecule has 2 aromatic rings. The van der Waals surface area contributed by atoms with Gasteiger partial charge in [0.25, 0.3) is 5.91 Å². The van der Waals surface area contributed by atoms with Crippen molar-refractivity contribution in [3.05, 3.63) is 77.0 Å². The maximum atomic E-state index is 13.1. The second-order valence-electron chi connectivity index (χ2n) is 12.3. The van der Waals surface area contributed by atoms with Gasteiger partial charge in [0.15, 0.2) is 11.6 Å². The number of hydrogen-bond donors (Lipinski definition) is 3. The van der Waals surface area contributed by atoms with Gasteiger partial charge in [0.05, 0.1) is 12.1 Å². The molecule has 0 aromatic heterocycles. The molecule has 2 saturated heterocycles. The zero-order valence-corrected chi connectivity index (χ0v) is 25.6. The molecule has 3 fully saturated rings. The molecule has 0 spiro atoms. The number of allylic oxidation sites excluding steroid dienone is 1. The molecule has 0 bridgehead atoms. The van der Waals surface area contributed by atoms with E-state index in [1.807, 2.05) is 30.3 Å². The summed E-state index contributed by atoms with van der Waals surface area (Å²) in [5.74, 6) is -1.58. The molecule has 1 unspecified atom stereocenters. The molecule has 1 aliphatic carbocycles. The van der Waals surface area contributed by atoms with Gasteiger partial charge in [0.1, 0.15) is 6.04 Å². The molecule has 3 N–H and O–H groups in total. The van der Waals surface area contributed by atoms with Crippen molar-refractivity contribution in [1.29, 1.82) is 0 Å². The maximum absolute atomic E-state index is 13.1. The fourth-order valence-electron chi connectivity index (χ4n) is 6.68. The standard InChI is InChI=1S/C34H38N6O6/c41-29-17-23(22-5-2-1-3-6-22)18-30(42)25(29)19-35-11-12-38-13-15-39(16-14-38)21-32(44)36-27-8-4-7-24-26(27)20-40(34(24)46)28-9-10-31(43)37-33(28)45/h1-8,19,23,28,35H,9-18,20-21H2,(H,36,44)(H,37,43,45). The molecule has 12 nitrogen and oxygen atoms in total. The van der Waals surface area contributed by atoms with Gasteiger partial charge < -0.3 is 15.5 Å². The van der Waals surface area contributed by atoms with Gasteiger partial charge in [-0.2, -0.15) is 0 Å². The van der Waals surface area contributed by atoms with Crippen molar-refractivity contribution in [3.63, 3.8) is 0 Å². The second kappa shape index (κ2) is 13.8.